The molecule has 5 rings (SSSR count). The summed E-state index contributed by atoms with van der Waals surface area (Å²) in [6.07, 6.45) is -1.12. The highest BCUT2D eigenvalue weighted by Gasteiger charge is 2.60. The number of anilines is 2. The molecule has 0 radical (unpaired) electrons. The number of carbonyl (C=O) groups is 2. The van der Waals surface area contributed by atoms with Gasteiger partial charge in [-0.15, -0.1) is 0 Å². The number of nitrogens with zero attached hydrogens (tertiary/aromatic N) is 3. The highest BCUT2D eigenvalue weighted by Crippen LogP contribution is 2.49. The lowest BCUT2D eigenvalue weighted by atomic mass is 9.90. The Morgan fingerprint density at radius 1 is 0.879 bits per heavy atom. The number of hydrogen-bond acceptors (Lipinski definition) is 6. The SMILES string of the molecule is O=C1[C@H]2[C@@H](c3ccccc3Cl)N(c3cccc([N+](=O)[O-])c3)O[C@H]2C(=O)N1c1ccc(Cl)cc1. The Morgan fingerprint density at radius 2 is 1.61 bits per heavy atom. The van der Waals surface area contributed by atoms with E-state index in [0.29, 0.717) is 27.0 Å². The van der Waals surface area contributed by atoms with E-state index in [-0.39, 0.29) is 5.69 Å². The van der Waals surface area contributed by atoms with E-state index in [9.17, 15) is 19.7 Å². The van der Waals surface area contributed by atoms with E-state index in [1.165, 1.54) is 23.3 Å². The number of nitro benzene ring substituents is 1. The van der Waals surface area contributed by atoms with Gasteiger partial charge in [0.25, 0.3) is 11.6 Å². The summed E-state index contributed by atoms with van der Waals surface area (Å²) in [5.74, 6) is -1.89. The highest BCUT2D eigenvalue weighted by atomic mass is 35.5. The highest BCUT2D eigenvalue weighted by molar-refractivity contribution is 6.32. The molecular weight excluding hydrogens is 469 g/mol. The van der Waals surface area contributed by atoms with Crippen molar-refractivity contribution in [2.24, 2.45) is 5.92 Å². The van der Waals surface area contributed by atoms with Gasteiger partial charge in [0.2, 0.25) is 5.91 Å². The Balaban J connectivity index is 1.61. The molecule has 0 N–H and O–H groups in total. The van der Waals surface area contributed by atoms with E-state index in [2.05, 4.69) is 0 Å². The smallest absolute Gasteiger partial charge is 0.271 e. The van der Waals surface area contributed by atoms with Crippen molar-refractivity contribution in [1.82, 2.24) is 0 Å². The molecule has 0 spiro atoms. The van der Waals surface area contributed by atoms with Gasteiger partial charge in [0.1, 0.15) is 5.92 Å². The van der Waals surface area contributed by atoms with Crippen molar-refractivity contribution in [2.75, 3.05) is 9.96 Å². The van der Waals surface area contributed by atoms with Gasteiger partial charge in [-0.25, -0.2) is 9.96 Å². The van der Waals surface area contributed by atoms with Crippen molar-refractivity contribution in [3.8, 4) is 0 Å². The lowest BCUT2D eigenvalue weighted by molar-refractivity contribution is -0.384. The molecule has 2 saturated heterocycles. The molecular formula is C23H15Cl2N3O5. The molecule has 0 bridgehead atoms. The van der Waals surface area contributed by atoms with Crippen LogP contribution in [-0.4, -0.2) is 22.8 Å². The first-order chi connectivity index (χ1) is 15.9. The first kappa shape index (κ1) is 21.4. The third-order valence-corrected chi connectivity index (χ3v) is 6.32. The first-order valence-electron chi connectivity index (χ1n) is 9.95. The van der Waals surface area contributed by atoms with E-state index in [4.69, 9.17) is 28.0 Å². The number of amides is 2. The predicted molar refractivity (Wildman–Crippen MR) is 122 cm³/mol. The number of carbonyl (C=O) groups excluding carboxylic acids is 2. The van der Waals surface area contributed by atoms with E-state index in [0.717, 1.165) is 4.90 Å². The number of halogens is 2. The lowest BCUT2D eigenvalue weighted by Crippen LogP contribution is -2.37. The Kier molecular flexibility index (Phi) is 5.28. The maximum atomic E-state index is 13.5. The van der Waals surface area contributed by atoms with Crippen LogP contribution in [0.1, 0.15) is 11.6 Å². The molecule has 0 aliphatic carbocycles. The quantitative estimate of drug-likeness (QED) is 0.296. The van der Waals surface area contributed by atoms with Gasteiger partial charge in [0.05, 0.1) is 22.3 Å². The molecule has 3 aromatic carbocycles. The fraction of sp³-hybridized carbons (Fsp3) is 0.130. The van der Waals surface area contributed by atoms with Crippen molar-refractivity contribution >= 4 is 52.1 Å². The molecule has 10 heteroatoms. The summed E-state index contributed by atoms with van der Waals surface area (Å²) in [5, 5.41) is 13.5. The van der Waals surface area contributed by atoms with Crippen LogP contribution >= 0.6 is 23.2 Å². The topological polar surface area (TPSA) is 93.0 Å². The van der Waals surface area contributed by atoms with Crippen LogP contribution in [0.25, 0.3) is 0 Å². The number of fused-ring (bicyclic) bond motifs is 1. The van der Waals surface area contributed by atoms with Crippen LogP contribution in [0.3, 0.4) is 0 Å². The number of imide groups is 1. The van der Waals surface area contributed by atoms with Gasteiger partial charge < -0.3 is 0 Å². The van der Waals surface area contributed by atoms with Gasteiger partial charge in [-0.2, -0.15) is 0 Å². The molecule has 0 aromatic heterocycles. The van der Waals surface area contributed by atoms with Crippen LogP contribution in [0, 0.1) is 16.0 Å². The van der Waals surface area contributed by atoms with Gasteiger partial charge >= 0.3 is 0 Å². The van der Waals surface area contributed by atoms with E-state index >= 15 is 0 Å². The normalized spacial score (nSPS) is 22.1. The fourth-order valence-corrected chi connectivity index (χ4v) is 4.63. The van der Waals surface area contributed by atoms with Crippen molar-refractivity contribution in [1.29, 1.82) is 0 Å². The van der Waals surface area contributed by atoms with Gasteiger partial charge in [-0.3, -0.25) is 24.5 Å². The van der Waals surface area contributed by atoms with Crippen LogP contribution in [0.4, 0.5) is 17.1 Å². The summed E-state index contributed by atoms with van der Waals surface area (Å²) in [6, 6.07) is 18.3. The van der Waals surface area contributed by atoms with Gasteiger partial charge in [0, 0.05) is 22.2 Å². The van der Waals surface area contributed by atoms with Gasteiger partial charge in [0.15, 0.2) is 6.10 Å². The van der Waals surface area contributed by atoms with E-state index in [1.807, 2.05) is 0 Å². The average molecular weight is 484 g/mol. The van der Waals surface area contributed by atoms with Crippen LogP contribution in [-0.2, 0) is 14.4 Å². The maximum absolute atomic E-state index is 13.5. The standard InChI is InChI=1S/C23H15Cl2N3O5/c24-13-8-10-14(11-9-13)26-22(29)19-20(17-6-1-2-7-18(17)25)27(33-21(19)23(26)30)15-4-3-5-16(12-15)28(31)32/h1-12,19-21H/t19-,20+,21+/m0/s1. The predicted octanol–water partition coefficient (Wildman–Crippen LogP) is 4.95. The zero-order valence-corrected chi connectivity index (χ0v) is 18.3. The number of benzene rings is 3. The first-order valence-corrected chi connectivity index (χ1v) is 10.7. The van der Waals surface area contributed by atoms with Crippen molar-refractivity contribution < 1.29 is 19.3 Å². The molecule has 2 heterocycles. The summed E-state index contributed by atoms with van der Waals surface area (Å²) < 4.78 is 0. The van der Waals surface area contributed by atoms with Crippen LogP contribution in [0.5, 0.6) is 0 Å². The molecule has 8 nitrogen and oxygen atoms in total. The molecule has 166 valence electrons. The summed E-state index contributed by atoms with van der Waals surface area (Å²) in [4.78, 5) is 44.7. The minimum absolute atomic E-state index is 0.147. The third-order valence-electron chi connectivity index (χ3n) is 5.72. The molecule has 2 aliphatic heterocycles. The summed E-state index contributed by atoms with van der Waals surface area (Å²) in [6.45, 7) is 0. The average Bonchev–Trinajstić information content (AvgIpc) is 3.31. The number of non-ortho nitro benzene ring substituents is 1. The zero-order chi connectivity index (χ0) is 23.3. The molecule has 2 aliphatic rings. The number of hydroxylamine groups is 1. The van der Waals surface area contributed by atoms with Gasteiger partial charge in [-0.05, 0) is 42.0 Å². The molecule has 0 saturated carbocycles. The largest absolute Gasteiger partial charge is 0.273 e. The second-order valence-electron chi connectivity index (χ2n) is 7.61. The Morgan fingerprint density at radius 3 is 2.30 bits per heavy atom. The summed E-state index contributed by atoms with van der Waals surface area (Å²) >= 11 is 12.4. The molecule has 2 fully saturated rings. The van der Waals surface area contributed by atoms with E-state index < -0.39 is 34.8 Å². The minimum atomic E-state index is -1.12. The van der Waals surface area contributed by atoms with Crippen LogP contribution in [0.2, 0.25) is 10.0 Å². The van der Waals surface area contributed by atoms with Crippen LogP contribution < -0.4 is 9.96 Å². The zero-order valence-electron chi connectivity index (χ0n) is 16.8. The fourth-order valence-electron chi connectivity index (χ4n) is 4.26. The molecule has 3 atom stereocenters. The van der Waals surface area contributed by atoms with Crippen molar-refractivity contribution in [2.45, 2.75) is 12.1 Å². The minimum Gasteiger partial charge on any atom is -0.273 e. The second-order valence-corrected chi connectivity index (χ2v) is 8.45. The maximum Gasteiger partial charge on any atom is 0.271 e. The molecule has 0 unspecified atom stereocenters. The van der Waals surface area contributed by atoms with Crippen molar-refractivity contribution in [3.05, 3.63) is 98.5 Å². The number of rotatable bonds is 4. The van der Waals surface area contributed by atoms with Gasteiger partial charge in [-0.1, -0.05) is 47.5 Å². The second kappa shape index (κ2) is 8.15. The van der Waals surface area contributed by atoms with E-state index in [1.54, 1.807) is 54.6 Å². The number of nitro groups is 1. The molecule has 3 aromatic rings. The Bertz CT molecular complexity index is 1280. The van der Waals surface area contributed by atoms with Crippen LogP contribution in [0.15, 0.2) is 72.8 Å². The molecule has 33 heavy (non-hydrogen) atoms. The van der Waals surface area contributed by atoms with Crippen molar-refractivity contribution in [3.63, 3.8) is 0 Å². The third kappa shape index (κ3) is 3.52. The Hall–Kier alpha value is -3.46. The molecule has 2 amide bonds. The summed E-state index contributed by atoms with van der Waals surface area (Å²) in [5.41, 5.74) is 1.14. The summed E-state index contributed by atoms with van der Waals surface area (Å²) in [7, 11) is 0. The monoisotopic (exact) mass is 483 g/mol. The number of hydrogen-bond donors (Lipinski definition) is 0. The Labute approximate surface area is 198 Å². The lowest BCUT2D eigenvalue weighted by Gasteiger charge is -2.29.